The third-order valence-corrected chi connectivity index (χ3v) is 1.24. The van der Waals surface area contributed by atoms with E-state index in [0.717, 1.165) is 6.42 Å². The normalized spacial score (nSPS) is 12.6. The summed E-state index contributed by atoms with van der Waals surface area (Å²) in [6, 6.07) is 0. The number of hydrogen-bond donors (Lipinski definition) is 0. The van der Waals surface area contributed by atoms with Crippen LogP contribution in [0.5, 0.6) is 0 Å². The van der Waals surface area contributed by atoms with Crippen LogP contribution < -0.4 is 0 Å². The predicted molar refractivity (Wildman–Crippen MR) is 48.3 cm³/mol. The Bertz CT molecular complexity index is 159. The zero-order valence-electron chi connectivity index (χ0n) is 7.55. The topological polar surface area (TPSA) is 9.23 Å². The first kappa shape index (κ1) is 10.3. The maximum Gasteiger partial charge on any atom is 0.108 e. The van der Waals surface area contributed by atoms with Crippen LogP contribution in [0.3, 0.4) is 0 Å². The molecule has 0 saturated carbocycles. The highest BCUT2D eigenvalue weighted by Crippen LogP contribution is 1.93. The van der Waals surface area contributed by atoms with Crippen LogP contribution in [0.2, 0.25) is 0 Å². The van der Waals surface area contributed by atoms with Crippen molar-refractivity contribution in [1.82, 2.24) is 0 Å². The van der Waals surface area contributed by atoms with Gasteiger partial charge in [-0.2, -0.15) is 0 Å². The first-order valence-corrected chi connectivity index (χ1v) is 3.99. The van der Waals surface area contributed by atoms with E-state index in [2.05, 4.69) is 30.9 Å². The Kier molecular flexibility index (Phi) is 6.87. The number of hydrogen-bond acceptors (Lipinski definition) is 1. The molecule has 0 radical (unpaired) electrons. The lowest BCUT2D eigenvalue weighted by Gasteiger charge is -2.03. The fourth-order valence-electron chi connectivity index (χ4n) is 0.629. The predicted octanol–water partition coefficient (Wildman–Crippen LogP) is 2.38. The Labute approximate surface area is 69.4 Å². The SMILES string of the molecule is CC#CCO[C@H](C)/C=C\CC. The summed E-state index contributed by atoms with van der Waals surface area (Å²) in [5, 5.41) is 0. The molecule has 62 valence electrons. The Morgan fingerprint density at radius 1 is 1.55 bits per heavy atom. The number of allylic oxidation sites excluding steroid dienone is 1. The maximum atomic E-state index is 5.32. The summed E-state index contributed by atoms with van der Waals surface area (Å²) < 4.78 is 5.32. The van der Waals surface area contributed by atoms with E-state index in [0.29, 0.717) is 6.61 Å². The van der Waals surface area contributed by atoms with Crippen LogP contribution in [0.4, 0.5) is 0 Å². The van der Waals surface area contributed by atoms with Crippen molar-refractivity contribution in [1.29, 1.82) is 0 Å². The summed E-state index contributed by atoms with van der Waals surface area (Å²) in [6.07, 6.45) is 5.41. The van der Waals surface area contributed by atoms with Gasteiger partial charge in [-0.05, 0) is 20.3 Å². The van der Waals surface area contributed by atoms with Gasteiger partial charge in [-0.3, -0.25) is 0 Å². The first-order valence-electron chi connectivity index (χ1n) is 3.99. The molecule has 0 bridgehead atoms. The summed E-state index contributed by atoms with van der Waals surface area (Å²) >= 11 is 0. The van der Waals surface area contributed by atoms with E-state index >= 15 is 0 Å². The van der Waals surface area contributed by atoms with E-state index in [-0.39, 0.29) is 6.10 Å². The average Bonchev–Trinajstić information content (AvgIpc) is 2.01. The van der Waals surface area contributed by atoms with E-state index in [1.165, 1.54) is 0 Å². The maximum absolute atomic E-state index is 5.32. The molecule has 0 aliphatic heterocycles. The molecule has 0 spiro atoms. The van der Waals surface area contributed by atoms with Gasteiger partial charge in [0.15, 0.2) is 0 Å². The molecule has 0 aromatic carbocycles. The van der Waals surface area contributed by atoms with Gasteiger partial charge in [0.2, 0.25) is 0 Å². The van der Waals surface area contributed by atoms with Crippen molar-refractivity contribution < 1.29 is 4.74 Å². The van der Waals surface area contributed by atoms with Gasteiger partial charge in [-0.1, -0.05) is 25.0 Å². The highest BCUT2D eigenvalue weighted by Gasteiger charge is 1.91. The zero-order valence-corrected chi connectivity index (χ0v) is 7.55. The summed E-state index contributed by atoms with van der Waals surface area (Å²) in [6.45, 7) is 6.47. The van der Waals surface area contributed by atoms with Crippen molar-refractivity contribution in [3.63, 3.8) is 0 Å². The van der Waals surface area contributed by atoms with Crippen LogP contribution in [-0.4, -0.2) is 12.7 Å². The Morgan fingerprint density at radius 3 is 2.82 bits per heavy atom. The third-order valence-electron chi connectivity index (χ3n) is 1.24. The third kappa shape index (κ3) is 7.15. The van der Waals surface area contributed by atoms with E-state index < -0.39 is 0 Å². The molecule has 0 aromatic rings. The molecule has 0 N–H and O–H groups in total. The second kappa shape index (κ2) is 7.37. The van der Waals surface area contributed by atoms with Crippen molar-refractivity contribution in [2.45, 2.75) is 33.3 Å². The monoisotopic (exact) mass is 152 g/mol. The highest BCUT2D eigenvalue weighted by atomic mass is 16.5. The van der Waals surface area contributed by atoms with Gasteiger partial charge < -0.3 is 4.74 Å². The van der Waals surface area contributed by atoms with Gasteiger partial charge in [0.25, 0.3) is 0 Å². The molecule has 0 heterocycles. The smallest absolute Gasteiger partial charge is 0.108 e. The summed E-state index contributed by atoms with van der Waals surface area (Å²) in [5.41, 5.74) is 0. The Morgan fingerprint density at radius 2 is 2.27 bits per heavy atom. The minimum Gasteiger partial charge on any atom is -0.362 e. The molecular weight excluding hydrogens is 136 g/mol. The van der Waals surface area contributed by atoms with Gasteiger partial charge in [0, 0.05) is 0 Å². The van der Waals surface area contributed by atoms with Crippen LogP contribution in [0.1, 0.15) is 27.2 Å². The van der Waals surface area contributed by atoms with E-state index in [1.807, 2.05) is 13.8 Å². The summed E-state index contributed by atoms with van der Waals surface area (Å²) in [5.74, 6) is 5.63. The van der Waals surface area contributed by atoms with E-state index in [1.54, 1.807) is 0 Å². The van der Waals surface area contributed by atoms with Gasteiger partial charge in [0.05, 0.1) is 6.10 Å². The molecule has 0 amide bonds. The van der Waals surface area contributed by atoms with Crippen LogP contribution in [0.15, 0.2) is 12.2 Å². The lowest BCUT2D eigenvalue weighted by Crippen LogP contribution is -2.04. The molecule has 0 fully saturated rings. The van der Waals surface area contributed by atoms with Crippen LogP contribution in [0, 0.1) is 11.8 Å². The molecule has 1 heteroatoms. The van der Waals surface area contributed by atoms with Crippen molar-refractivity contribution in [2.75, 3.05) is 6.61 Å². The van der Waals surface area contributed by atoms with Crippen LogP contribution in [0.25, 0.3) is 0 Å². The van der Waals surface area contributed by atoms with Gasteiger partial charge >= 0.3 is 0 Å². The molecule has 11 heavy (non-hydrogen) atoms. The Hall–Kier alpha value is -0.740. The lowest BCUT2D eigenvalue weighted by atomic mass is 10.3. The molecule has 0 aliphatic rings. The Balaban J connectivity index is 3.41. The van der Waals surface area contributed by atoms with Crippen molar-refractivity contribution in [3.8, 4) is 11.8 Å². The van der Waals surface area contributed by atoms with Gasteiger partial charge in [0.1, 0.15) is 6.61 Å². The minimum atomic E-state index is 0.191. The molecular formula is C10H16O. The number of rotatable bonds is 4. The lowest BCUT2D eigenvalue weighted by molar-refractivity contribution is 0.127. The van der Waals surface area contributed by atoms with E-state index in [4.69, 9.17) is 4.74 Å². The molecule has 0 aliphatic carbocycles. The fraction of sp³-hybridized carbons (Fsp3) is 0.600. The zero-order chi connectivity index (χ0) is 8.53. The van der Waals surface area contributed by atoms with E-state index in [9.17, 15) is 0 Å². The quantitative estimate of drug-likeness (QED) is 0.444. The average molecular weight is 152 g/mol. The second-order valence-electron chi connectivity index (χ2n) is 2.28. The molecule has 0 unspecified atom stereocenters. The highest BCUT2D eigenvalue weighted by molar-refractivity contribution is 4.96. The summed E-state index contributed by atoms with van der Waals surface area (Å²) in [4.78, 5) is 0. The standard InChI is InChI=1S/C10H16O/c1-4-6-8-10(3)11-9-7-5-2/h6,8,10H,4,9H2,1-3H3/b8-6-/t10-/m1/s1. The first-order chi connectivity index (χ1) is 5.31. The minimum absolute atomic E-state index is 0.191. The molecule has 1 nitrogen and oxygen atoms in total. The molecule has 1 atom stereocenters. The van der Waals surface area contributed by atoms with Crippen molar-refractivity contribution in [2.24, 2.45) is 0 Å². The molecule has 0 saturated heterocycles. The second-order valence-corrected chi connectivity index (χ2v) is 2.28. The van der Waals surface area contributed by atoms with Gasteiger partial charge in [-0.15, -0.1) is 5.92 Å². The molecule has 0 aromatic heterocycles. The summed E-state index contributed by atoms with van der Waals surface area (Å²) in [7, 11) is 0. The fourth-order valence-corrected chi connectivity index (χ4v) is 0.629. The molecule has 0 rings (SSSR count). The van der Waals surface area contributed by atoms with Crippen LogP contribution >= 0.6 is 0 Å². The number of ether oxygens (including phenoxy) is 1. The van der Waals surface area contributed by atoms with Crippen molar-refractivity contribution in [3.05, 3.63) is 12.2 Å². The van der Waals surface area contributed by atoms with Crippen molar-refractivity contribution >= 4 is 0 Å². The van der Waals surface area contributed by atoms with Gasteiger partial charge in [-0.25, -0.2) is 0 Å². The van der Waals surface area contributed by atoms with Crippen LogP contribution in [-0.2, 0) is 4.74 Å². The largest absolute Gasteiger partial charge is 0.362 e.